The van der Waals surface area contributed by atoms with Gasteiger partial charge in [-0.3, -0.25) is 4.79 Å². The Bertz CT molecular complexity index is 635. The second-order valence-electron chi connectivity index (χ2n) is 3.69. The maximum Gasteiger partial charge on any atom is 0.264 e. The molecule has 0 unspecified atom stereocenters. The largest absolute Gasteiger partial charge is 0.306 e. The summed E-state index contributed by atoms with van der Waals surface area (Å²) in [4.78, 5) is 18.4. The molecular formula is C12H9F2IN2O. The summed E-state index contributed by atoms with van der Waals surface area (Å²) in [5, 5.41) is 0. The third kappa shape index (κ3) is 2.58. The lowest BCUT2D eigenvalue weighted by Gasteiger charge is -2.05. The zero-order chi connectivity index (χ0) is 13.3. The lowest BCUT2D eigenvalue weighted by molar-refractivity contribution is 0.584. The third-order valence-corrected chi connectivity index (χ3v) is 3.51. The predicted octanol–water partition coefficient (Wildman–Crippen LogP) is 2.88. The molecule has 1 N–H and O–H groups in total. The zero-order valence-corrected chi connectivity index (χ0v) is 11.6. The van der Waals surface area contributed by atoms with Gasteiger partial charge in [-0.05, 0) is 41.1 Å². The maximum absolute atomic E-state index is 13.1. The highest BCUT2D eigenvalue weighted by molar-refractivity contribution is 14.1. The van der Waals surface area contributed by atoms with Crippen LogP contribution in [0.4, 0.5) is 8.78 Å². The first-order valence-corrected chi connectivity index (χ1v) is 6.34. The van der Waals surface area contributed by atoms with Crippen molar-refractivity contribution >= 4 is 22.6 Å². The lowest BCUT2D eigenvalue weighted by atomic mass is 10.2. The van der Waals surface area contributed by atoms with Crippen LogP contribution in [-0.2, 0) is 6.42 Å². The van der Waals surface area contributed by atoms with Crippen LogP contribution < -0.4 is 5.56 Å². The second kappa shape index (κ2) is 5.13. The first-order chi connectivity index (χ1) is 8.51. The minimum absolute atomic E-state index is 0.177. The minimum atomic E-state index is -0.704. The molecule has 0 aliphatic rings. The van der Waals surface area contributed by atoms with Crippen LogP contribution in [0.25, 0.3) is 11.4 Å². The fourth-order valence-electron chi connectivity index (χ4n) is 1.57. The average Bonchev–Trinajstić information content (AvgIpc) is 2.31. The molecule has 0 radical (unpaired) electrons. The Morgan fingerprint density at radius 3 is 2.44 bits per heavy atom. The van der Waals surface area contributed by atoms with Gasteiger partial charge in [-0.2, -0.15) is 0 Å². The number of rotatable bonds is 2. The molecule has 0 aliphatic heterocycles. The number of aromatic nitrogens is 2. The van der Waals surface area contributed by atoms with Gasteiger partial charge in [0.1, 0.15) is 17.5 Å². The highest BCUT2D eigenvalue weighted by atomic mass is 127. The molecule has 0 spiro atoms. The SMILES string of the molecule is CCc1nc(-c2cc(F)cc(F)c2)[nH]c(=O)c1I. The highest BCUT2D eigenvalue weighted by Crippen LogP contribution is 2.18. The average molecular weight is 362 g/mol. The lowest BCUT2D eigenvalue weighted by Crippen LogP contribution is -2.16. The first kappa shape index (κ1) is 13.1. The van der Waals surface area contributed by atoms with Gasteiger partial charge in [0.15, 0.2) is 0 Å². The summed E-state index contributed by atoms with van der Waals surface area (Å²) in [6.45, 7) is 1.86. The maximum atomic E-state index is 13.1. The minimum Gasteiger partial charge on any atom is -0.306 e. The molecule has 0 atom stereocenters. The van der Waals surface area contributed by atoms with Crippen molar-refractivity contribution in [3.05, 3.63) is 49.5 Å². The van der Waals surface area contributed by atoms with E-state index < -0.39 is 11.6 Å². The standard InChI is InChI=1S/C12H9F2IN2O/c1-2-9-10(15)12(18)17-11(16-9)6-3-7(13)5-8(14)4-6/h3-5H,2H2,1H3,(H,16,17,18). The van der Waals surface area contributed by atoms with Crippen molar-refractivity contribution in [3.8, 4) is 11.4 Å². The molecule has 0 bridgehead atoms. The van der Waals surface area contributed by atoms with Crippen LogP contribution >= 0.6 is 22.6 Å². The third-order valence-electron chi connectivity index (χ3n) is 2.40. The van der Waals surface area contributed by atoms with Crippen molar-refractivity contribution in [2.24, 2.45) is 0 Å². The van der Waals surface area contributed by atoms with Crippen molar-refractivity contribution < 1.29 is 8.78 Å². The molecule has 18 heavy (non-hydrogen) atoms. The first-order valence-electron chi connectivity index (χ1n) is 5.26. The number of H-pyrrole nitrogens is 1. The Labute approximate surface area is 115 Å². The van der Waals surface area contributed by atoms with Gasteiger partial charge in [0.05, 0.1) is 9.26 Å². The molecule has 6 heteroatoms. The Morgan fingerprint density at radius 2 is 1.89 bits per heavy atom. The molecule has 0 saturated carbocycles. The summed E-state index contributed by atoms with van der Waals surface area (Å²) in [5.41, 5.74) is 0.525. The molecule has 0 amide bonds. The van der Waals surface area contributed by atoms with Crippen molar-refractivity contribution in [3.63, 3.8) is 0 Å². The summed E-state index contributed by atoms with van der Waals surface area (Å²) in [6, 6.07) is 3.04. The number of hydrogen-bond donors (Lipinski definition) is 1. The number of nitrogens with zero attached hydrogens (tertiary/aromatic N) is 1. The van der Waals surface area contributed by atoms with Gasteiger partial charge in [-0.25, -0.2) is 13.8 Å². The fourth-order valence-corrected chi connectivity index (χ4v) is 2.20. The van der Waals surface area contributed by atoms with Crippen LogP contribution in [0, 0.1) is 15.2 Å². The van der Waals surface area contributed by atoms with Gasteiger partial charge in [0.2, 0.25) is 0 Å². The molecule has 2 rings (SSSR count). The van der Waals surface area contributed by atoms with E-state index in [0.29, 0.717) is 15.7 Å². The van der Waals surface area contributed by atoms with E-state index in [4.69, 9.17) is 0 Å². The Morgan fingerprint density at radius 1 is 1.28 bits per heavy atom. The van der Waals surface area contributed by atoms with E-state index in [1.165, 1.54) is 0 Å². The Hall–Kier alpha value is -1.31. The normalized spacial score (nSPS) is 10.7. The number of hydrogen-bond acceptors (Lipinski definition) is 2. The van der Waals surface area contributed by atoms with Gasteiger partial charge in [0, 0.05) is 11.6 Å². The quantitative estimate of drug-likeness (QED) is 0.836. The van der Waals surface area contributed by atoms with Crippen LogP contribution in [0.1, 0.15) is 12.6 Å². The second-order valence-corrected chi connectivity index (χ2v) is 4.77. The number of nitrogens with one attached hydrogen (secondary N) is 1. The summed E-state index contributed by atoms with van der Waals surface area (Å²) in [7, 11) is 0. The van der Waals surface area contributed by atoms with E-state index in [1.54, 1.807) is 0 Å². The number of halogens is 3. The summed E-state index contributed by atoms with van der Waals surface area (Å²) < 4.78 is 26.7. The molecule has 1 aromatic carbocycles. The zero-order valence-electron chi connectivity index (χ0n) is 9.43. The molecule has 0 aliphatic carbocycles. The predicted molar refractivity (Wildman–Crippen MR) is 72.3 cm³/mol. The molecule has 1 aromatic heterocycles. The van der Waals surface area contributed by atoms with Crippen LogP contribution in [0.5, 0.6) is 0 Å². The van der Waals surface area contributed by atoms with E-state index in [1.807, 2.05) is 29.5 Å². The van der Waals surface area contributed by atoms with Crippen LogP contribution in [-0.4, -0.2) is 9.97 Å². The van der Waals surface area contributed by atoms with Crippen molar-refractivity contribution in [1.82, 2.24) is 9.97 Å². The van der Waals surface area contributed by atoms with Crippen molar-refractivity contribution in [1.29, 1.82) is 0 Å². The van der Waals surface area contributed by atoms with Gasteiger partial charge < -0.3 is 4.98 Å². The highest BCUT2D eigenvalue weighted by Gasteiger charge is 2.10. The van der Waals surface area contributed by atoms with E-state index >= 15 is 0 Å². The topological polar surface area (TPSA) is 45.8 Å². The smallest absolute Gasteiger partial charge is 0.264 e. The fraction of sp³-hybridized carbons (Fsp3) is 0.167. The number of aryl methyl sites for hydroxylation is 1. The van der Waals surface area contributed by atoms with E-state index in [0.717, 1.165) is 18.2 Å². The van der Waals surface area contributed by atoms with Crippen molar-refractivity contribution in [2.45, 2.75) is 13.3 Å². The number of benzene rings is 1. The summed E-state index contributed by atoms with van der Waals surface area (Å²) >= 11 is 1.90. The van der Waals surface area contributed by atoms with Crippen molar-refractivity contribution in [2.75, 3.05) is 0 Å². The molecule has 0 saturated heterocycles. The van der Waals surface area contributed by atoms with Crippen LogP contribution in [0.15, 0.2) is 23.0 Å². The van der Waals surface area contributed by atoms with Gasteiger partial charge in [-0.15, -0.1) is 0 Å². The Balaban J connectivity index is 2.64. The molecule has 3 nitrogen and oxygen atoms in total. The van der Waals surface area contributed by atoms with E-state index in [9.17, 15) is 13.6 Å². The summed E-state index contributed by atoms with van der Waals surface area (Å²) in [5.74, 6) is -1.23. The Kier molecular flexibility index (Phi) is 3.74. The molecule has 94 valence electrons. The summed E-state index contributed by atoms with van der Waals surface area (Å²) in [6.07, 6.45) is 0.576. The van der Waals surface area contributed by atoms with E-state index in [2.05, 4.69) is 9.97 Å². The molecule has 2 aromatic rings. The van der Waals surface area contributed by atoms with Gasteiger partial charge >= 0.3 is 0 Å². The van der Waals surface area contributed by atoms with E-state index in [-0.39, 0.29) is 16.9 Å². The van der Waals surface area contributed by atoms with Gasteiger partial charge in [-0.1, -0.05) is 6.92 Å². The molecule has 0 fully saturated rings. The van der Waals surface area contributed by atoms with Crippen LogP contribution in [0.2, 0.25) is 0 Å². The monoisotopic (exact) mass is 362 g/mol. The number of aromatic amines is 1. The van der Waals surface area contributed by atoms with Gasteiger partial charge in [0.25, 0.3) is 5.56 Å². The molecular weight excluding hydrogens is 353 g/mol. The van der Waals surface area contributed by atoms with Crippen LogP contribution in [0.3, 0.4) is 0 Å². The molecule has 1 heterocycles.